The van der Waals surface area contributed by atoms with Crippen molar-refractivity contribution < 1.29 is 38.9 Å². The maximum absolute atomic E-state index is 13.8. The minimum atomic E-state index is -1.37. The number of carboxylic acid groups (broad SMARTS) is 1. The van der Waals surface area contributed by atoms with Gasteiger partial charge in [0.25, 0.3) is 0 Å². The van der Waals surface area contributed by atoms with E-state index in [1.54, 1.807) is 90.9 Å². The van der Waals surface area contributed by atoms with E-state index in [0.29, 0.717) is 22.3 Å². The number of rotatable bonds is 15. The summed E-state index contributed by atoms with van der Waals surface area (Å²) in [6, 6.07) is 6.99. The Labute approximate surface area is 293 Å². The van der Waals surface area contributed by atoms with Crippen LogP contribution in [0, 0.1) is 13.8 Å². The number of hydrogen-bond donors (Lipinski definition) is 8. The molecule has 6 N–H and O–H groups in total. The molecule has 264 valence electrons. The lowest BCUT2D eigenvalue weighted by atomic mass is 9.95. The van der Waals surface area contributed by atoms with Crippen LogP contribution in [0.25, 0.3) is 0 Å². The predicted molar refractivity (Wildman–Crippen MR) is 190 cm³/mol. The second-order valence-electron chi connectivity index (χ2n) is 13.2. The van der Waals surface area contributed by atoms with E-state index in [1.165, 1.54) is 0 Å². The fourth-order valence-corrected chi connectivity index (χ4v) is 5.37. The van der Waals surface area contributed by atoms with Gasteiger partial charge in [0.2, 0.25) is 17.7 Å². The Morgan fingerprint density at radius 2 is 1.29 bits per heavy atom. The molecule has 0 saturated carbocycles. The van der Waals surface area contributed by atoms with E-state index in [0.717, 1.165) is 0 Å². The number of benzene rings is 2. The standard InChI is InChI=1S/C34H48N4O8S2/c1-19-15-22(39)16-20(2)23(19)18-26(37-32(45)46-33(3,4)5)29(41)35-24(13-14-47)28(40)36-25(17-21-11-9-8-10-12-21)30(42)38-27(31(43)44)34(6,7)48/h8-12,15-16,24-27,39,47-48H,13-14,17-18H2,1-7H3,(H,35,41)(H,36,40)(H,37,45)(H,38,42)(H,43,44)/t24?,25-,26-,27-/m0/s1. The largest absolute Gasteiger partial charge is 0.508 e. The quantitative estimate of drug-likeness (QED) is 0.130. The zero-order valence-electron chi connectivity index (χ0n) is 28.4. The Bertz CT molecular complexity index is 1430. The Hall–Kier alpha value is -3.91. The molecule has 12 nitrogen and oxygen atoms in total. The molecule has 14 heteroatoms. The highest BCUT2D eigenvalue weighted by molar-refractivity contribution is 7.81. The fourth-order valence-electron chi connectivity index (χ4n) is 4.94. The number of amides is 4. The molecular formula is C34H48N4O8S2. The minimum absolute atomic E-state index is 0.0212. The summed E-state index contributed by atoms with van der Waals surface area (Å²) in [7, 11) is 0. The fraction of sp³-hybridized carbons (Fsp3) is 0.500. The number of carbonyl (C=O) groups is 5. The van der Waals surface area contributed by atoms with E-state index >= 15 is 0 Å². The summed E-state index contributed by atoms with van der Waals surface area (Å²) in [5, 5.41) is 30.2. The number of aromatic hydroxyl groups is 1. The van der Waals surface area contributed by atoms with Crippen LogP contribution < -0.4 is 21.3 Å². The number of aryl methyl sites for hydroxylation is 2. The first-order chi connectivity index (χ1) is 22.2. The van der Waals surface area contributed by atoms with Crippen LogP contribution in [0.15, 0.2) is 42.5 Å². The van der Waals surface area contributed by atoms with Crippen molar-refractivity contribution in [1.82, 2.24) is 21.3 Å². The van der Waals surface area contributed by atoms with Gasteiger partial charge in [0, 0.05) is 17.6 Å². The van der Waals surface area contributed by atoms with Crippen molar-refractivity contribution in [1.29, 1.82) is 0 Å². The number of hydrogen-bond acceptors (Lipinski definition) is 9. The molecule has 0 bridgehead atoms. The van der Waals surface area contributed by atoms with Crippen LogP contribution in [-0.4, -0.2) is 80.3 Å². The number of phenols is 1. The van der Waals surface area contributed by atoms with Gasteiger partial charge in [0.15, 0.2) is 0 Å². The molecule has 0 heterocycles. The molecular weight excluding hydrogens is 657 g/mol. The normalized spacial score (nSPS) is 14.1. The number of ether oxygens (including phenoxy) is 1. The summed E-state index contributed by atoms with van der Waals surface area (Å²) in [5.74, 6) is -3.21. The average Bonchev–Trinajstić information content (AvgIpc) is 2.95. The maximum atomic E-state index is 13.8. The van der Waals surface area contributed by atoms with Crippen LogP contribution in [0.5, 0.6) is 5.75 Å². The summed E-state index contributed by atoms with van der Waals surface area (Å²) in [6.07, 6.45) is -0.723. The molecule has 2 aromatic carbocycles. The van der Waals surface area contributed by atoms with Crippen molar-refractivity contribution >= 4 is 55.0 Å². The Morgan fingerprint density at radius 3 is 1.79 bits per heavy atom. The topological polar surface area (TPSA) is 183 Å². The van der Waals surface area contributed by atoms with Crippen molar-refractivity contribution in [3.63, 3.8) is 0 Å². The highest BCUT2D eigenvalue weighted by atomic mass is 32.1. The first kappa shape index (κ1) is 40.3. The molecule has 0 aromatic heterocycles. The Balaban J connectivity index is 2.39. The maximum Gasteiger partial charge on any atom is 0.408 e. The molecule has 0 aliphatic carbocycles. The van der Waals surface area contributed by atoms with E-state index in [9.17, 15) is 34.2 Å². The second kappa shape index (κ2) is 17.5. The van der Waals surface area contributed by atoms with Crippen molar-refractivity contribution in [3.05, 3.63) is 64.7 Å². The summed E-state index contributed by atoms with van der Waals surface area (Å²) in [5.41, 5.74) is 1.95. The molecule has 4 atom stereocenters. The molecule has 0 aliphatic rings. The number of alkyl carbamates (subject to hydrolysis) is 1. The van der Waals surface area contributed by atoms with Crippen molar-refractivity contribution in [2.75, 3.05) is 5.75 Å². The minimum Gasteiger partial charge on any atom is -0.508 e. The number of thiol groups is 2. The highest BCUT2D eigenvalue weighted by Gasteiger charge is 2.37. The van der Waals surface area contributed by atoms with Gasteiger partial charge in [-0.15, -0.1) is 0 Å². The number of carbonyl (C=O) groups excluding carboxylic acids is 4. The third kappa shape index (κ3) is 12.9. The molecule has 0 saturated heterocycles. The van der Waals surface area contributed by atoms with Crippen LogP contribution in [0.4, 0.5) is 4.79 Å². The lowest BCUT2D eigenvalue weighted by Gasteiger charge is -2.30. The molecule has 1 unspecified atom stereocenters. The molecule has 2 aromatic rings. The molecule has 2 rings (SSSR count). The van der Waals surface area contributed by atoms with Gasteiger partial charge in [0.05, 0.1) is 0 Å². The lowest BCUT2D eigenvalue weighted by molar-refractivity contribution is -0.143. The van der Waals surface area contributed by atoms with Gasteiger partial charge in [-0.2, -0.15) is 25.3 Å². The lowest BCUT2D eigenvalue weighted by Crippen LogP contribution is -2.60. The van der Waals surface area contributed by atoms with E-state index < -0.39 is 64.3 Å². The average molecular weight is 705 g/mol. The monoisotopic (exact) mass is 704 g/mol. The summed E-state index contributed by atoms with van der Waals surface area (Å²) < 4.78 is 4.26. The molecule has 0 radical (unpaired) electrons. The molecule has 48 heavy (non-hydrogen) atoms. The molecule has 0 spiro atoms. The van der Waals surface area contributed by atoms with Gasteiger partial charge in [-0.05, 0) is 95.0 Å². The van der Waals surface area contributed by atoms with Crippen molar-refractivity contribution in [3.8, 4) is 5.75 Å². The van der Waals surface area contributed by atoms with Crippen LogP contribution in [0.2, 0.25) is 0 Å². The third-order valence-electron chi connectivity index (χ3n) is 7.30. The Kier molecular flexibility index (Phi) is 14.7. The van der Waals surface area contributed by atoms with Crippen molar-refractivity contribution in [2.45, 2.75) is 102 Å². The third-order valence-corrected chi connectivity index (χ3v) is 7.82. The van der Waals surface area contributed by atoms with Gasteiger partial charge in [-0.25, -0.2) is 9.59 Å². The van der Waals surface area contributed by atoms with E-state index in [2.05, 4.69) is 46.5 Å². The zero-order valence-corrected chi connectivity index (χ0v) is 30.2. The second-order valence-corrected chi connectivity index (χ2v) is 14.8. The summed E-state index contributed by atoms with van der Waals surface area (Å²) in [4.78, 5) is 65.7. The van der Waals surface area contributed by atoms with Gasteiger partial charge >= 0.3 is 12.1 Å². The van der Waals surface area contributed by atoms with Crippen LogP contribution in [0.1, 0.15) is 63.3 Å². The van der Waals surface area contributed by atoms with Crippen LogP contribution >= 0.6 is 25.3 Å². The Morgan fingerprint density at radius 1 is 0.792 bits per heavy atom. The SMILES string of the molecule is Cc1cc(O)cc(C)c1C[C@H](NC(=O)OC(C)(C)C)C(=O)NC(CCS)C(=O)N[C@@H](Cc1ccccc1)C(=O)N[C@@H](C(=O)O)C(C)(C)S. The molecule has 0 aliphatic heterocycles. The van der Waals surface area contributed by atoms with Crippen LogP contribution in [-0.2, 0) is 36.8 Å². The van der Waals surface area contributed by atoms with Gasteiger partial charge in [0.1, 0.15) is 35.5 Å². The van der Waals surface area contributed by atoms with Gasteiger partial charge < -0.3 is 36.2 Å². The summed E-state index contributed by atoms with van der Waals surface area (Å²) >= 11 is 8.59. The first-order valence-corrected chi connectivity index (χ1v) is 16.6. The van der Waals surface area contributed by atoms with Crippen LogP contribution in [0.3, 0.4) is 0 Å². The smallest absolute Gasteiger partial charge is 0.408 e. The zero-order chi connectivity index (χ0) is 36.4. The van der Waals surface area contributed by atoms with E-state index in [1.807, 2.05) is 0 Å². The highest BCUT2D eigenvalue weighted by Crippen LogP contribution is 2.23. The molecule has 0 fully saturated rings. The molecule has 4 amide bonds. The first-order valence-electron chi connectivity index (χ1n) is 15.5. The number of carboxylic acids is 1. The van der Waals surface area contributed by atoms with E-state index in [4.69, 9.17) is 4.74 Å². The van der Waals surface area contributed by atoms with Gasteiger partial charge in [-0.3, -0.25) is 14.4 Å². The predicted octanol–water partition coefficient (Wildman–Crippen LogP) is 3.25. The number of phenolic OH excluding ortho intramolecular Hbond substituents is 1. The van der Waals surface area contributed by atoms with Gasteiger partial charge in [-0.1, -0.05) is 30.3 Å². The van der Waals surface area contributed by atoms with Crippen molar-refractivity contribution in [2.24, 2.45) is 0 Å². The summed E-state index contributed by atoms with van der Waals surface area (Å²) in [6.45, 7) is 11.7. The number of aliphatic carboxylic acids is 1. The van der Waals surface area contributed by atoms with E-state index in [-0.39, 0.29) is 30.8 Å². The number of nitrogens with one attached hydrogen (secondary N) is 4.